The second kappa shape index (κ2) is 8.76. The molecule has 3 rings (SSSR count). The molecule has 0 atom stereocenters. The number of thiazole rings is 1. The molecule has 0 saturated carbocycles. The molecule has 0 radical (unpaired) electrons. The Labute approximate surface area is 152 Å². The first-order chi connectivity index (χ1) is 12.3. The van der Waals surface area contributed by atoms with Gasteiger partial charge >= 0.3 is 0 Å². The van der Waals surface area contributed by atoms with E-state index in [0.717, 1.165) is 41.5 Å². The molecule has 4 nitrogen and oxygen atoms in total. The minimum Gasteiger partial charge on any atom is -0.496 e. The maximum atomic E-state index is 9.55. The number of ether oxygens (including phenoxy) is 1. The number of hydrogen-bond acceptors (Lipinski definition) is 5. The molecule has 3 aromatic rings. The van der Waals surface area contributed by atoms with Gasteiger partial charge in [-0.05, 0) is 23.3 Å². The third kappa shape index (κ3) is 4.89. The molecule has 1 heterocycles. The maximum Gasteiger partial charge on any atom is 0.124 e. The van der Waals surface area contributed by atoms with E-state index in [0.29, 0.717) is 0 Å². The van der Waals surface area contributed by atoms with Gasteiger partial charge in [0.15, 0.2) is 0 Å². The van der Waals surface area contributed by atoms with Gasteiger partial charge in [-0.2, -0.15) is 0 Å². The number of aromatic nitrogens is 1. The first-order valence-corrected chi connectivity index (χ1v) is 9.07. The Morgan fingerprint density at radius 2 is 1.84 bits per heavy atom. The summed E-state index contributed by atoms with van der Waals surface area (Å²) in [5.74, 6) is 0.723. The third-order valence-electron chi connectivity index (χ3n) is 4.01. The van der Waals surface area contributed by atoms with E-state index in [1.165, 1.54) is 5.56 Å². The minimum atomic E-state index is -0.0256. The van der Waals surface area contributed by atoms with E-state index in [-0.39, 0.29) is 6.61 Å². The van der Waals surface area contributed by atoms with Gasteiger partial charge in [-0.3, -0.25) is 4.90 Å². The van der Waals surface area contributed by atoms with Crippen molar-refractivity contribution in [2.45, 2.75) is 26.2 Å². The van der Waals surface area contributed by atoms with Crippen LogP contribution >= 0.6 is 11.3 Å². The highest BCUT2D eigenvalue weighted by Gasteiger charge is 2.11. The Hall–Kier alpha value is -2.21. The summed E-state index contributed by atoms with van der Waals surface area (Å²) in [5, 5.41) is 12.7. The Morgan fingerprint density at radius 1 is 1.04 bits per heavy atom. The number of rotatable bonds is 8. The van der Waals surface area contributed by atoms with Crippen LogP contribution in [0, 0.1) is 0 Å². The molecule has 0 aliphatic heterocycles. The van der Waals surface area contributed by atoms with Gasteiger partial charge in [-0.25, -0.2) is 4.98 Å². The summed E-state index contributed by atoms with van der Waals surface area (Å²) in [6.45, 7) is 2.40. The largest absolute Gasteiger partial charge is 0.496 e. The second-order valence-corrected chi connectivity index (χ2v) is 6.84. The molecule has 1 aromatic heterocycles. The molecule has 0 aliphatic rings. The summed E-state index contributed by atoms with van der Waals surface area (Å²) in [6, 6.07) is 16.4. The van der Waals surface area contributed by atoms with Crippen LogP contribution in [0.2, 0.25) is 0 Å². The first-order valence-electron chi connectivity index (χ1n) is 8.20. The Kier molecular flexibility index (Phi) is 6.17. The van der Waals surface area contributed by atoms with Gasteiger partial charge in [0, 0.05) is 30.2 Å². The van der Waals surface area contributed by atoms with Gasteiger partial charge in [-0.15, -0.1) is 11.3 Å². The number of hydrogen-bond donors (Lipinski definition) is 1. The van der Waals surface area contributed by atoms with Gasteiger partial charge in [0.2, 0.25) is 0 Å². The molecule has 130 valence electrons. The van der Waals surface area contributed by atoms with E-state index in [9.17, 15) is 5.11 Å². The molecule has 0 fully saturated rings. The van der Waals surface area contributed by atoms with Crippen molar-refractivity contribution in [2.24, 2.45) is 0 Å². The van der Waals surface area contributed by atoms with Gasteiger partial charge in [0.05, 0.1) is 20.3 Å². The van der Waals surface area contributed by atoms with Crippen LogP contribution in [0.3, 0.4) is 0 Å². The quantitative estimate of drug-likeness (QED) is 0.667. The molecule has 5 heteroatoms. The number of methoxy groups -OCH3 is 1. The van der Waals surface area contributed by atoms with Crippen LogP contribution in [0.5, 0.6) is 5.75 Å². The highest BCUT2D eigenvalue weighted by Crippen LogP contribution is 2.22. The standard InChI is InChI=1S/C20H22N2O2S/c1-24-19-8-7-17(11-18(19)15-23)13-22(14-20-21-9-10-25-20)12-16-5-3-2-4-6-16/h2-11,23H,12-15H2,1H3. The van der Waals surface area contributed by atoms with Crippen molar-refractivity contribution in [3.63, 3.8) is 0 Å². The molecule has 0 amide bonds. The fraction of sp³-hybridized carbons (Fsp3) is 0.250. The monoisotopic (exact) mass is 354 g/mol. The molecule has 0 aliphatic carbocycles. The van der Waals surface area contributed by atoms with Crippen molar-refractivity contribution in [1.29, 1.82) is 0 Å². The summed E-state index contributed by atoms with van der Waals surface area (Å²) >= 11 is 1.67. The van der Waals surface area contributed by atoms with E-state index in [1.54, 1.807) is 18.4 Å². The SMILES string of the molecule is COc1ccc(CN(Cc2ccccc2)Cc2nccs2)cc1CO. The summed E-state index contributed by atoms with van der Waals surface area (Å²) < 4.78 is 5.30. The van der Waals surface area contributed by atoms with Crippen LogP contribution in [-0.2, 0) is 26.2 Å². The lowest BCUT2D eigenvalue weighted by Gasteiger charge is -2.22. The van der Waals surface area contributed by atoms with Crippen molar-refractivity contribution in [2.75, 3.05) is 7.11 Å². The van der Waals surface area contributed by atoms with Gasteiger partial charge in [-0.1, -0.05) is 36.4 Å². The van der Waals surface area contributed by atoms with Crippen LogP contribution in [0.4, 0.5) is 0 Å². The molecule has 0 bridgehead atoms. The number of benzene rings is 2. The first kappa shape index (κ1) is 17.6. The summed E-state index contributed by atoms with van der Waals surface area (Å²) in [7, 11) is 1.62. The fourth-order valence-electron chi connectivity index (χ4n) is 2.84. The normalized spacial score (nSPS) is 11.0. The van der Waals surface area contributed by atoms with Crippen molar-refractivity contribution in [3.8, 4) is 5.75 Å². The van der Waals surface area contributed by atoms with E-state index in [4.69, 9.17) is 4.74 Å². The molecule has 0 spiro atoms. The molecule has 25 heavy (non-hydrogen) atoms. The smallest absolute Gasteiger partial charge is 0.124 e. The fourth-order valence-corrected chi connectivity index (χ4v) is 3.50. The van der Waals surface area contributed by atoms with Crippen molar-refractivity contribution < 1.29 is 9.84 Å². The van der Waals surface area contributed by atoms with Crippen LogP contribution in [0.25, 0.3) is 0 Å². The van der Waals surface area contributed by atoms with Crippen molar-refractivity contribution in [1.82, 2.24) is 9.88 Å². The van der Waals surface area contributed by atoms with Crippen molar-refractivity contribution >= 4 is 11.3 Å². The maximum absolute atomic E-state index is 9.55. The molecular formula is C20H22N2O2S. The lowest BCUT2D eigenvalue weighted by molar-refractivity contribution is 0.246. The summed E-state index contributed by atoms with van der Waals surface area (Å²) in [4.78, 5) is 6.78. The third-order valence-corrected chi connectivity index (χ3v) is 4.78. The van der Waals surface area contributed by atoms with E-state index >= 15 is 0 Å². The summed E-state index contributed by atoms with van der Waals surface area (Å²) in [5.41, 5.74) is 3.24. The average Bonchev–Trinajstić information content (AvgIpc) is 3.15. The Bertz CT molecular complexity index is 776. The van der Waals surface area contributed by atoms with E-state index < -0.39 is 0 Å². The number of nitrogens with zero attached hydrogens (tertiary/aromatic N) is 2. The zero-order valence-corrected chi connectivity index (χ0v) is 15.1. The molecule has 0 unspecified atom stereocenters. The number of aliphatic hydroxyl groups excluding tert-OH is 1. The average molecular weight is 354 g/mol. The van der Waals surface area contributed by atoms with Crippen LogP contribution in [0.15, 0.2) is 60.1 Å². The highest BCUT2D eigenvalue weighted by atomic mass is 32.1. The van der Waals surface area contributed by atoms with Gasteiger partial charge in [0.25, 0.3) is 0 Å². The zero-order chi connectivity index (χ0) is 17.5. The second-order valence-electron chi connectivity index (χ2n) is 5.86. The Morgan fingerprint density at radius 3 is 2.52 bits per heavy atom. The van der Waals surface area contributed by atoms with Crippen LogP contribution < -0.4 is 4.74 Å². The Balaban J connectivity index is 1.79. The predicted molar refractivity (Wildman–Crippen MR) is 100 cm³/mol. The zero-order valence-electron chi connectivity index (χ0n) is 14.3. The summed E-state index contributed by atoms with van der Waals surface area (Å²) in [6.07, 6.45) is 1.85. The number of aliphatic hydroxyl groups is 1. The van der Waals surface area contributed by atoms with Crippen LogP contribution in [0.1, 0.15) is 21.7 Å². The topological polar surface area (TPSA) is 45.6 Å². The molecule has 0 saturated heterocycles. The molecular weight excluding hydrogens is 332 g/mol. The lowest BCUT2D eigenvalue weighted by Crippen LogP contribution is -2.22. The molecule has 2 aromatic carbocycles. The molecule has 1 N–H and O–H groups in total. The van der Waals surface area contributed by atoms with Crippen molar-refractivity contribution in [3.05, 3.63) is 81.8 Å². The van der Waals surface area contributed by atoms with Crippen LogP contribution in [-0.4, -0.2) is 22.1 Å². The van der Waals surface area contributed by atoms with Gasteiger partial charge in [0.1, 0.15) is 10.8 Å². The van der Waals surface area contributed by atoms with Gasteiger partial charge < -0.3 is 9.84 Å². The van der Waals surface area contributed by atoms with E-state index in [2.05, 4.69) is 40.2 Å². The van der Waals surface area contributed by atoms with E-state index in [1.807, 2.05) is 29.8 Å². The minimum absolute atomic E-state index is 0.0256. The highest BCUT2D eigenvalue weighted by molar-refractivity contribution is 7.09. The predicted octanol–water partition coefficient (Wildman–Crippen LogP) is 3.85. The lowest BCUT2D eigenvalue weighted by atomic mass is 10.1.